The van der Waals surface area contributed by atoms with Gasteiger partial charge in [-0.3, -0.25) is 0 Å². The van der Waals surface area contributed by atoms with Crippen molar-refractivity contribution in [2.24, 2.45) is 0 Å². The van der Waals surface area contributed by atoms with Gasteiger partial charge in [0.2, 0.25) is 0 Å². The van der Waals surface area contributed by atoms with E-state index in [1.165, 1.54) is 4.88 Å². The van der Waals surface area contributed by atoms with E-state index in [4.69, 9.17) is 5.73 Å². The second-order valence-corrected chi connectivity index (χ2v) is 4.75. The summed E-state index contributed by atoms with van der Waals surface area (Å²) < 4.78 is 2.00. The average molecular weight is 229 g/mol. The monoisotopic (exact) mass is 229 g/mol. The van der Waals surface area contributed by atoms with E-state index in [9.17, 15) is 0 Å². The third-order valence-electron chi connectivity index (χ3n) is 2.47. The maximum atomic E-state index is 5.72. The number of anilines is 1. The maximum absolute atomic E-state index is 5.72. The van der Waals surface area contributed by atoms with Gasteiger partial charge in [0.05, 0.1) is 5.69 Å². The number of aromatic nitrogens is 2. The molecule has 16 heavy (non-hydrogen) atoms. The van der Waals surface area contributed by atoms with Crippen LogP contribution in [-0.4, -0.2) is 9.38 Å². The number of rotatable bonds is 2. The molecule has 3 heterocycles. The van der Waals surface area contributed by atoms with Crippen LogP contribution in [0, 0.1) is 0 Å². The van der Waals surface area contributed by atoms with Crippen molar-refractivity contribution in [1.82, 2.24) is 9.38 Å². The molecule has 0 amide bonds. The van der Waals surface area contributed by atoms with Crippen LogP contribution in [0.5, 0.6) is 0 Å². The number of thiophene rings is 1. The summed E-state index contributed by atoms with van der Waals surface area (Å²) in [6.07, 6.45) is 4.88. The van der Waals surface area contributed by atoms with Crippen molar-refractivity contribution in [3.63, 3.8) is 0 Å². The first-order valence-electron chi connectivity index (χ1n) is 5.07. The minimum atomic E-state index is 0.751. The minimum Gasteiger partial charge on any atom is -0.399 e. The number of nitrogens with two attached hydrogens (primary N) is 1. The molecule has 4 heteroatoms. The summed E-state index contributed by atoms with van der Waals surface area (Å²) in [4.78, 5) is 5.87. The lowest BCUT2D eigenvalue weighted by molar-refractivity contribution is 1.14. The van der Waals surface area contributed by atoms with Crippen molar-refractivity contribution in [3.8, 4) is 0 Å². The summed E-state index contributed by atoms with van der Waals surface area (Å²) in [6.45, 7) is 0. The van der Waals surface area contributed by atoms with Crippen molar-refractivity contribution >= 4 is 22.7 Å². The molecule has 0 fully saturated rings. The Balaban J connectivity index is 1.99. The number of imidazole rings is 1. The van der Waals surface area contributed by atoms with Crippen LogP contribution in [-0.2, 0) is 6.42 Å². The van der Waals surface area contributed by atoms with Gasteiger partial charge in [0.1, 0.15) is 5.65 Å². The molecule has 0 atom stereocenters. The smallest absolute Gasteiger partial charge is 0.139 e. The lowest BCUT2D eigenvalue weighted by atomic mass is 10.3. The van der Waals surface area contributed by atoms with Crippen molar-refractivity contribution in [2.75, 3.05) is 5.73 Å². The molecular weight excluding hydrogens is 218 g/mol. The highest BCUT2D eigenvalue weighted by Crippen LogP contribution is 2.16. The molecule has 0 aliphatic heterocycles. The molecule has 3 rings (SSSR count). The quantitative estimate of drug-likeness (QED) is 0.734. The molecule has 0 spiro atoms. The van der Waals surface area contributed by atoms with E-state index < -0.39 is 0 Å². The van der Waals surface area contributed by atoms with Crippen LogP contribution in [0.1, 0.15) is 10.6 Å². The van der Waals surface area contributed by atoms with E-state index in [-0.39, 0.29) is 0 Å². The highest BCUT2D eigenvalue weighted by Gasteiger charge is 2.03. The van der Waals surface area contributed by atoms with Crippen LogP contribution < -0.4 is 5.73 Å². The third kappa shape index (κ3) is 1.67. The summed E-state index contributed by atoms with van der Waals surface area (Å²) in [5.74, 6) is 0. The molecule has 3 aromatic heterocycles. The number of hydrogen-bond acceptors (Lipinski definition) is 3. The largest absolute Gasteiger partial charge is 0.399 e. The zero-order chi connectivity index (χ0) is 11.0. The van der Waals surface area contributed by atoms with Crippen molar-refractivity contribution in [2.45, 2.75) is 6.42 Å². The lowest BCUT2D eigenvalue weighted by Gasteiger charge is -1.92. The van der Waals surface area contributed by atoms with Crippen molar-refractivity contribution < 1.29 is 0 Å². The Morgan fingerprint density at radius 3 is 3.12 bits per heavy atom. The highest BCUT2D eigenvalue weighted by molar-refractivity contribution is 7.09. The fourth-order valence-electron chi connectivity index (χ4n) is 1.73. The van der Waals surface area contributed by atoms with Crippen LogP contribution in [0.3, 0.4) is 0 Å². The van der Waals surface area contributed by atoms with Gasteiger partial charge in [0, 0.05) is 35.4 Å². The van der Waals surface area contributed by atoms with Crippen LogP contribution in [0.25, 0.3) is 5.65 Å². The van der Waals surface area contributed by atoms with Crippen LogP contribution in [0.4, 0.5) is 5.69 Å². The van der Waals surface area contributed by atoms with Gasteiger partial charge >= 0.3 is 0 Å². The minimum absolute atomic E-state index is 0.751. The zero-order valence-corrected chi connectivity index (χ0v) is 9.45. The molecular formula is C12H11N3S. The summed E-state index contributed by atoms with van der Waals surface area (Å²) >= 11 is 1.76. The van der Waals surface area contributed by atoms with Crippen LogP contribution >= 0.6 is 11.3 Å². The van der Waals surface area contributed by atoms with Gasteiger partial charge in [0.25, 0.3) is 0 Å². The van der Waals surface area contributed by atoms with Gasteiger partial charge in [-0.1, -0.05) is 6.07 Å². The predicted octanol–water partition coefficient (Wildman–Crippen LogP) is 2.57. The van der Waals surface area contributed by atoms with E-state index in [2.05, 4.69) is 28.7 Å². The molecule has 0 aliphatic rings. The van der Waals surface area contributed by atoms with Gasteiger partial charge in [-0.25, -0.2) is 4.98 Å². The molecule has 80 valence electrons. The van der Waals surface area contributed by atoms with Gasteiger partial charge in [0.15, 0.2) is 0 Å². The summed E-state index contributed by atoms with van der Waals surface area (Å²) in [5.41, 5.74) is 8.45. The molecule has 0 radical (unpaired) electrons. The van der Waals surface area contributed by atoms with Crippen LogP contribution in [0.15, 0.2) is 42.0 Å². The molecule has 0 saturated carbocycles. The van der Waals surface area contributed by atoms with Crippen molar-refractivity contribution in [1.29, 1.82) is 0 Å². The summed E-state index contributed by atoms with van der Waals surface area (Å²) in [6, 6.07) is 7.96. The number of nitrogens with zero attached hydrogens (tertiary/aromatic N) is 2. The maximum Gasteiger partial charge on any atom is 0.139 e. The normalized spacial score (nSPS) is 11.0. The number of pyridine rings is 1. The fourth-order valence-corrected chi connectivity index (χ4v) is 2.45. The molecule has 3 aromatic rings. The predicted molar refractivity (Wildman–Crippen MR) is 66.7 cm³/mol. The van der Waals surface area contributed by atoms with E-state index in [0.717, 1.165) is 23.4 Å². The molecule has 0 aliphatic carbocycles. The van der Waals surface area contributed by atoms with Gasteiger partial charge < -0.3 is 10.1 Å². The Morgan fingerprint density at radius 1 is 1.38 bits per heavy atom. The fraction of sp³-hybridized carbons (Fsp3) is 0.0833. The van der Waals surface area contributed by atoms with E-state index in [0.29, 0.717) is 0 Å². The Hall–Kier alpha value is -1.81. The number of nitrogen functional groups attached to an aromatic ring is 1. The second-order valence-electron chi connectivity index (χ2n) is 3.71. The third-order valence-corrected chi connectivity index (χ3v) is 3.35. The Morgan fingerprint density at radius 2 is 2.31 bits per heavy atom. The first-order valence-corrected chi connectivity index (χ1v) is 5.95. The van der Waals surface area contributed by atoms with Crippen molar-refractivity contribution in [3.05, 3.63) is 52.6 Å². The van der Waals surface area contributed by atoms with Crippen LogP contribution in [0.2, 0.25) is 0 Å². The summed E-state index contributed by atoms with van der Waals surface area (Å²) in [7, 11) is 0. The van der Waals surface area contributed by atoms with E-state index in [1.54, 1.807) is 11.3 Å². The second kappa shape index (κ2) is 3.64. The Labute approximate surface area is 97.2 Å². The van der Waals surface area contributed by atoms with Gasteiger partial charge in [-0.2, -0.15) is 0 Å². The molecule has 3 nitrogen and oxygen atoms in total. The first kappa shape index (κ1) is 9.42. The zero-order valence-electron chi connectivity index (χ0n) is 8.63. The average Bonchev–Trinajstić information content (AvgIpc) is 2.86. The first-order chi connectivity index (χ1) is 7.81. The molecule has 0 unspecified atom stereocenters. The SMILES string of the molecule is Nc1ccn2cc(Cc3cccs3)nc2c1. The van der Waals surface area contributed by atoms with Gasteiger partial charge in [-0.05, 0) is 17.5 Å². The highest BCUT2D eigenvalue weighted by atomic mass is 32.1. The van der Waals surface area contributed by atoms with E-state index in [1.807, 2.05) is 22.7 Å². The number of fused-ring (bicyclic) bond motifs is 1. The molecule has 0 aromatic carbocycles. The lowest BCUT2D eigenvalue weighted by Crippen LogP contribution is -1.87. The van der Waals surface area contributed by atoms with Gasteiger partial charge in [-0.15, -0.1) is 11.3 Å². The summed E-state index contributed by atoms with van der Waals surface area (Å²) in [5, 5.41) is 2.09. The topological polar surface area (TPSA) is 43.3 Å². The molecule has 2 N–H and O–H groups in total. The standard InChI is InChI=1S/C12H11N3S/c13-9-3-4-15-8-10(14-12(15)6-9)7-11-2-1-5-16-11/h1-6,8H,7,13H2. The van der Waals surface area contributed by atoms with E-state index >= 15 is 0 Å². The Bertz CT molecular complexity index is 610. The Kier molecular flexibility index (Phi) is 2.15. The number of hydrogen-bond donors (Lipinski definition) is 1. The molecule has 0 saturated heterocycles. The molecule has 0 bridgehead atoms.